The molecule has 6 nitrogen and oxygen atoms in total. The number of halogens is 1. The molecular weight excluding hydrogens is 570 g/mol. The molecule has 3 aliphatic carbocycles. The summed E-state index contributed by atoms with van der Waals surface area (Å²) in [6.45, 7) is 9.31. The van der Waals surface area contributed by atoms with Crippen molar-refractivity contribution in [2.24, 2.45) is 11.8 Å². The first kappa shape index (κ1) is 35.7. The van der Waals surface area contributed by atoms with Gasteiger partial charge in [-0.1, -0.05) is 97.7 Å². The monoisotopic (exact) mass is 609 g/mol. The third-order valence-corrected chi connectivity index (χ3v) is 7.44. The van der Waals surface area contributed by atoms with Crippen LogP contribution in [0.25, 0.3) is 0 Å². The van der Waals surface area contributed by atoms with E-state index in [1.807, 2.05) is 37.4 Å². The van der Waals surface area contributed by atoms with Gasteiger partial charge in [-0.15, -0.1) is 0 Å². The predicted octanol–water partition coefficient (Wildman–Crippen LogP) is 6.50. The van der Waals surface area contributed by atoms with Crippen molar-refractivity contribution in [3.05, 3.63) is 118 Å². The van der Waals surface area contributed by atoms with Gasteiger partial charge in [-0.05, 0) is 62.6 Å². The summed E-state index contributed by atoms with van der Waals surface area (Å²) in [6, 6.07) is 9.87. The van der Waals surface area contributed by atoms with Gasteiger partial charge >= 0.3 is 0 Å². The van der Waals surface area contributed by atoms with Crippen LogP contribution in [-0.4, -0.2) is 37.1 Å². The van der Waals surface area contributed by atoms with Gasteiger partial charge in [0.2, 0.25) is 0 Å². The Labute approximate surface area is 266 Å². The number of rotatable bonds is 8. The van der Waals surface area contributed by atoms with Gasteiger partial charge in [0.1, 0.15) is 0 Å². The lowest BCUT2D eigenvalue weighted by Gasteiger charge is -2.28. The molecular formula is C37H40ClN3O3. The molecule has 1 aromatic carbocycles. The fraction of sp³-hybridized carbons (Fsp3) is 0.297. The molecule has 0 spiro atoms. The van der Waals surface area contributed by atoms with Crippen LogP contribution >= 0.6 is 11.6 Å². The lowest BCUT2D eigenvalue weighted by Crippen LogP contribution is -2.39. The van der Waals surface area contributed by atoms with Crippen molar-refractivity contribution in [1.29, 1.82) is 5.26 Å². The lowest BCUT2D eigenvalue weighted by atomic mass is 9.81. The number of nitriles is 1. The summed E-state index contributed by atoms with van der Waals surface area (Å²) in [4.78, 5) is 31.4. The summed E-state index contributed by atoms with van der Waals surface area (Å²) in [7, 11) is 1.82. The number of hydrogen-bond donors (Lipinski definition) is 2. The van der Waals surface area contributed by atoms with Crippen LogP contribution < -0.4 is 10.6 Å². The first-order valence-corrected chi connectivity index (χ1v) is 14.9. The zero-order valence-corrected chi connectivity index (χ0v) is 26.6. The summed E-state index contributed by atoms with van der Waals surface area (Å²) >= 11 is 5.81. The molecule has 1 aromatic rings. The highest BCUT2D eigenvalue weighted by atomic mass is 35.5. The van der Waals surface area contributed by atoms with E-state index in [2.05, 4.69) is 78.5 Å². The summed E-state index contributed by atoms with van der Waals surface area (Å²) in [6.07, 6.45) is 22.1. The molecule has 2 unspecified atom stereocenters. The second-order valence-electron chi connectivity index (χ2n) is 10.5. The molecule has 228 valence electrons. The summed E-state index contributed by atoms with van der Waals surface area (Å²) in [5.41, 5.74) is 4.17. The van der Waals surface area contributed by atoms with E-state index in [1.165, 1.54) is 12.5 Å². The first-order valence-electron chi connectivity index (χ1n) is 14.5. The molecule has 0 aliphatic heterocycles. The zero-order valence-electron chi connectivity index (χ0n) is 25.8. The average molecular weight is 610 g/mol. The van der Waals surface area contributed by atoms with Crippen LogP contribution in [0.3, 0.4) is 0 Å². The number of aryl methyl sites for hydroxylation is 1. The van der Waals surface area contributed by atoms with Gasteiger partial charge in [-0.25, -0.2) is 0 Å². The lowest BCUT2D eigenvalue weighted by molar-refractivity contribution is -0.128. The van der Waals surface area contributed by atoms with Crippen LogP contribution in [0.4, 0.5) is 0 Å². The van der Waals surface area contributed by atoms with E-state index in [-0.39, 0.29) is 17.7 Å². The minimum absolute atomic E-state index is 0.0560. The second-order valence-corrected chi connectivity index (χ2v) is 10.9. The van der Waals surface area contributed by atoms with Crippen LogP contribution in [0.5, 0.6) is 0 Å². The molecule has 44 heavy (non-hydrogen) atoms. The number of benzene rings is 1. The van der Waals surface area contributed by atoms with E-state index in [0.29, 0.717) is 34.6 Å². The molecule has 1 saturated carbocycles. The molecule has 0 aromatic heterocycles. The Morgan fingerprint density at radius 1 is 1.11 bits per heavy atom. The van der Waals surface area contributed by atoms with Crippen LogP contribution in [0.1, 0.15) is 49.5 Å². The van der Waals surface area contributed by atoms with Crippen molar-refractivity contribution in [3.63, 3.8) is 0 Å². The Bertz CT molecular complexity index is 1520. The van der Waals surface area contributed by atoms with Crippen LogP contribution in [0.2, 0.25) is 0 Å². The van der Waals surface area contributed by atoms with Crippen molar-refractivity contribution in [3.8, 4) is 17.9 Å². The number of ketones is 1. The maximum absolute atomic E-state index is 12.8. The number of fused-ring (bicyclic) bond motifs is 1. The summed E-state index contributed by atoms with van der Waals surface area (Å²) < 4.78 is 0. The van der Waals surface area contributed by atoms with E-state index in [4.69, 9.17) is 21.7 Å². The Balaban J connectivity index is 0.000000290. The smallest absolute Gasteiger partial charge is 0.252 e. The molecule has 1 fully saturated rings. The number of nitrogens with one attached hydrogen (secondary N) is 2. The average Bonchev–Trinajstić information content (AvgIpc) is 3.83. The predicted molar refractivity (Wildman–Crippen MR) is 179 cm³/mol. The van der Waals surface area contributed by atoms with Crippen LogP contribution in [0.15, 0.2) is 107 Å². The van der Waals surface area contributed by atoms with Gasteiger partial charge in [0.15, 0.2) is 12.1 Å². The molecule has 3 aliphatic rings. The largest absolute Gasteiger partial charge is 0.343 e. The number of carbonyl (C=O) groups excluding carboxylic acids is 3. The number of amides is 1. The van der Waals surface area contributed by atoms with Crippen molar-refractivity contribution in [2.45, 2.75) is 45.6 Å². The SMILES string of the molecule is C=C(C#CCNC)/C=C\C(Cl)=C(/C)C#N.CC(=O)C=O.CCc1ccccc1C(=O)NC1(C2=CC3C=CC=CC3C=C2)CC1. The first-order chi connectivity index (χ1) is 21.1. The molecule has 0 radical (unpaired) electrons. The topological polar surface area (TPSA) is 99.1 Å². The Kier molecular flexibility index (Phi) is 14.8. The summed E-state index contributed by atoms with van der Waals surface area (Å²) in [5, 5.41) is 15.2. The maximum atomic E-state index is 12.8. The number of allylic oxidation sites excluding steroid dienone is 11. The normalized spacial score (nSPS) is 18.7. The molecule has 1 amide bonds. The fourth-order valence-electron chi connectivity index (χ4n) is 4.38. The maximum Gasteiger partial charge on any atom is 0.252 e. The number of nitrogens with zero attached hydrogens (tertiary/aromatic N) is 1. The summed E-state index contributed by atoms with van der Waals surface area (Å²) in [5.74, 6) is 6.22. The third kappa shape index (κ3) is 11.3. The van der Waals surface area contributed by atoms with Crippen molar-refractivity contribution < 1.29 is 14.4 Å². The minimum atomic E-state index is -0.426. The van der Waals surface area contributed by atoms with Crippen LogP contribution in [0, 0.1) is 35.0 Å². The Morgan fingerprint density at radius 2 is 1.77 bits per heavy atom. The van der Waals surface area contributed by atoms with Gasteiger partial charge in [0.25, 0.3) is 5.91 Å². The third-order valence-electron chi connectivity index (χ3n) is 7.03. The molecule has 7 heteroatoms. The van der Waals surface area contributed by atoms with Crippen molar-refractivity contribution in [1.82, 2.24) is 10.6 Å². The van der Waals surface area contributed by atoms with E-state index in [0.717, 1.165) is 30.4 Å². The molecule has 0 heterocycles. The Hall–Kier alpha value is -4.49. The highest BCUT2D eigenvalue weighted by Crippen LogP contribution is 2.46. The van der Waals surface area contributed by atoms with Crippen molar-refractivity contribution >= 4 is 29.6 Å². The molecule has 0 bridgehead atoms. The fourth-order valence-corrected chi connectivity index (χ4v) is 4.49. The molecule has 2 N–H and O–H groups in total. The van der Waals surface area contributed by atoms with Crippen LogP contribution in [-0.2, 0) is 16.0 Å². The molecule has 4 rings (SSSR count). The minimum Gasteiger partial charge on any atom is -0.343 e. The van der Waals surface area contributed by atoms with E-state index >= 15 is 0 Å². The standard InChI is InChI=1S/C22H23NO.C12H13ClN2.C3H4O2/c1-2-16-7-5-6-10-20(16)21(24)23-22(13-14-22)19-12-11-17-8-3-4-9-18(17)15-19;1-10(5-4-8-15-3)6-7-12(13)11(2)9-14;1-3(5)2-4/h3-12,15,17-18H,2,13-14H2,1H3,(H,23,24);6-7,15H,1,8H2,2-3H3;2H,1H3/b;7-6-,12-11-;. The van der Waals surface area contributed by atoms with E-state index < -0.39 is 5.78 Å². The van der Waals surface area contributed by atoms with Gasteiger partial charge < -0.3 is 10.6 Å². The second kappa shape index (κ2) is 18.2. The van der Waals surface area contributed by atoms with Gasteiger partial charge in [0.05, 0.1) is 23.2 Å². The highest BCUT2D eigenvalue weighted by molar-refractivity contribution is 6.31. The zero-order chi connectivity index (χ0) is 32.5. The quantitative estimate of drug-likeness (QED) is 0.115. The van der Waals surface area contributed by atoms with Gasteiger partial charge in [0, 0.05) is 35.5 Å². The number of aldehydes is 1. The molecule has 0 saturated heterocycles. The number of hydrogen-bond acceptors (Lipinski definition) is 5. The Morgan fingerprint density at radius 3 is 2.36 bits per heavy atom. The molecule has 2 atom stereocenters. The number of carbonyl (C=O) groups is 3. The van der Waals surface area contributed by atoms with E-state index in [1.54, 1.807) is 19.1 Å². The van der Waals surface area contributed by atoms with Gasteiger partial charge in [-0.2, -0.15) is 5.26 Å². The van der Waals surface area contributed by atoms with E-state index in [9.17, 15) is 9.59 Å². The van der Waals surface area contributed by atoms with Gasteiger partial charge in [-0.3, -0.25) is 14.4 Å². The number of Topliss-reactive ketones (excluding diaryl/α,β-unsaturated/α-hetero) is 1. The van der Waals surface area contributed by atoms with Crippen molar-refractivity contribution in [2.75, 3.05) is 13.6 Å². The highest BCUT2D eigenvalue weighted by Gasteiger charge is 2.47.